The smallest absolute Gasteiger partial charge is 0.272 e. The number of benzene rings is 2. The molecule has 0 fully saturated rings. The Morgan fingerprint density at radius 2 is 1.81 bits per heavy atom. The van der Waals surface area contributed by atoms with Gasteiger partial charge in [0.2, 0.25) is 0 Å². The second-order valence-corrected chi connectivity index (χ2v) is 4.89. The molecule has 0 unspecified atom stereocenters. The van der Waals surface area contributed by atoms with Gasteiger partial charge in [-0.2, -0.15) is 0 Å². The van der Waals surface area contributed by atoms with Crippen molar-refractivity contribution >= 4 is 5.69 Å². The van der Waals surface area contributed by atoms with Gasteiger partial charge in [-0.05, 0) is 43.2 Å². The van der Waals surface area contributed by atoms with E-state index in [-0.39, 0.29) is 11.7 Å². The Balaban J connectivity index is 2.15. The lowest BCUT2D eigenvalue weighted by molar-refractivity contribution is -0.385. The summed E-state index contributed by atoms with van der Waals surface area (Å²) in [4.78, 5) is 10.4. The molecule has 2 aromatic carbocycles. The van der Waals surface area contributed by atoms with Crippen LogP contribution in [0.1, 0.15) is 30.5 Å². The Morgan fingerprint density at radius 3 is 2.33 bits per heavy atom. The highest BCUT2D eigenvalue weighted by atomic mass is 16.6. The van der Waals surface area contributed by atoms with E-state index in [1.807, 2.05) is 31.2 Å². The highest BCUT2D eigenvalue weighted by molar-refractivity contribution is 5.45. The molecule has 2 aromatic rings. The van der Waals surface area contributed by atoms with Gasteiger partial charge in [0, 0.05) is 17.7 Å². The molecule has 0 radical (unpaired) electrons. The van der Waals surface area contributed by atoms with Crippen LogP contribution in [-0.2, 0) is 0 Å². The number of nitrogens with two attached hydrogens (primary N) is 1. The minimum atomic E-state index is -0.403. The van der Waals surface area contributed by atoms with Crippen molar-refractivity contribution in [3.05, 3.63) is 63.7 Å². The van der Waals surface area contributed by atoms with Gasteiger partial charge in [-0.15, -0.1) is 0 Å². The van der Waals surface area contributed by atoms with Gasteiger partial charge in [-0.25, -0.2) is 0 Å². The van der Waals surface area contributed by atoms with Crippen LogP contribution in [0.2, 0.25) is 0 Å². The van der Waals surface area contributed by atoms with Crippen LogP contribution in [0.4, 0.5) is 5.69 Å². The van der Waals surface area contributed by atoms with Crippen molar-refractivity contribution in [1.82, 2.24) is 0 Å². The van der Waals surface area contributed by atoms with Crippen molar-refractivity contribution in [2.24, 2.45) is 5.73 Å². The predicted octanol–water partition coefficient (Wildman–Crippen LogP) is 4.11. The normalized spacial score (nSPS) is 12.0. The molecule has 110 valence electrons. The fraction of sp³-hybridized carbons (Fsp3) is 0.250. The molecule has 2 rings (SSSR count). The Kier molecular flexibility index (Phi) is 4.55. The third kappa shape index (κ3) is 3.58. The van der Waals surface area contributed by atoms with Gasteiger partial charge in [0.25, 0.3) is 5.69 Å². The molecule has 0 amide bonds. The minimum Gasteiger partial charge on any atom is -0.457 e. The van der Waals surface area contributed by atoms with Crippen LogP contribution in [0.5, 0.6) is 11.5 Å². The van der Waals surface area contributed by atoms with E-state index in [0.717, 1.165) is 12.0 Å². The highest BCUT2D eigenvalue weighted by Crippen LogP contribution is 2.28. The van der Waals surface area contributed by atoms with E-state index in [1.165, 1.54) is 6.07 Å². The number of rotatable bonds is 5. The zero-order valence-corrected chi connectivity index (χ0v) is 12.1. The monoisotopic (exact) mass is 286 g/mol. The number of nitrogens with zero attached hydrogens (tertiary/aromatic N) is 1. The molecule has 1 atom stereocenters. The fourth-order valence-electron chi connectivity index (χ4n) is 2.05. The van der Waals surface area contributed by atoms with Crippen LogP contribution < -0.4 is 10.5 Å². The SMILES string of the molecule is CC[C@@H](N)c1ccc(Oc2ccc([N+](=O)[O-])c(C)c2)cc1. The van der Waals surface area contributed by atoms with Crippen molar-refractivity contribution in [1.29, 1.82) is 0 Å². The summed E-state index contributed by atoms with van der Waals surface area (Å²) < 4.78 is 5.70. The number of nitro groups is 1. The first-order chi connectivity index (χ1) is 10.0. The van der Waals surface area contributed by atoms with Gasteiger partial charge in [0.05, 0.1) is 4.92 Å². The van der Waals surface area contributed by atoms with Gasteiger partial charge in [-0.3, -0.25) is 10.1 Å². The lowest BCUT2D eigenvalue weighted by Gasteiger charge is -2.11. The molecule has 0 aliphatic rings. The zero-order chi connectivity index (χ0) is 15.4. The predicted molar refractivity (Wildman–Crippen MR) is 81.6 cm³/mol. The summed E-state index contributed by atoms with van der Waals surface area (Å²) in [7, 11) is 0. The van der Waals surface area contributed by atoms with Crippen molar-refractivity contribution in [2.75, 3.05) is 0 Å². The Labute approximate surface area is 123 Å². The molecule has 0 spiro atoms. The number of hydrogen-bond acceptors (Lipinski definition) is 4. The number of aryl methyl sites for hydroxylation is 1. The van der Waals surface area contributed by atoms with E-state index < -0.39 is 4.92 Å². The summed E-state index contributed by atoms with van der Waals surface area (Å²) in [5, 5.41) is 10.8. The van der Waals surface area contributed by atoms with Gasteiger partial charge in [0.1, 0.15) is 11.5 Å². The van der Waals surface area contributed by atoms with E-state index in [9.17, 15) is 10.1 Å². The minimum absolute atomic E-state index is 0.0284. The third-order valence-electron chi connectivity index (χ3n) is 3.35. The molecule has 0 aliphatic heterocycles. The maximum atomic E-state index is 10.8. The topological polar surface area (TPSA) is 78.4 Å². The average molecular weight is 286 g/mol. The van der Waals surface area contributed by atoms with Crippen LogP contribution in [0, 0.1) is 17.0 Å². The molecule has 0 aliphatic carbocycles. The van der Waals surface area contributed by atoms with E-state index >= 15 is 0 Å². The highest BCUT2D eigenvalue weighted by Gasteiger charge is 2.11. The quantitative estimate of drug-likeness (QED) is 0.662. The average Bonchev–Trinajstić information content (AvgIpc) is 2.47. The molecule has 0 heterocycles. The number of hydrogen-bond donors (Lipinski definition) is 1. The van der Waals surface area contributed by atoms with E-state index in [2.05, 4.69) is 0 Å². The summed E-state index contributed by atoms with van der Waals surface area (Å²) in [6.45, 7) is 3.73. The first kappa shape index (κ1) is 15.0. The maximum absolute atomic E-state index is 10.8. The summed E-state index contributed by atoms with van der Waals surface area (Å²) >= 11 is 0. The van der Waals surface area contributed by atoms with Crippen LogP contribution >= 0.6 is 0 Å². The lowest BCUT2D eigenvalue weighted by Crippen LogP contribution is -2.07. The third-order valence-corrected chi connectivity index (χ3v) is 3.35. The molecule has 2 N–H and O–H groups in total. The van der Waals surface area contributed by atoms with Crippen LogP contribution in [0.3, 0.4) is 0 Å². The summed E-state index contributed by atoms with van der Waals surface area (Å²) in [5.41, 5.74) is 7.68. The molecule has 0 saturated carbocycles. The van der Waals surface area contributed by atoms with Crippen molar-refractivity contribution in [3.63, 3.8) is 0 Å². The Hall–Kier alpha value is -2.40. The van der Waals surface area contributed by atoms with Gasteiger partial charge in [-0.1, -0.05) is 19.1 Å². The van der Waals surface area contributed by atoms with Gasteiger partial charge < -0.3 is 10.5 Å². The van der Waals surface area contributed by atoms with Crippen LogP contribution in [0.15, 0.2) is 42.5 Å². The van der Waals surface area contributed by atoms with Gasteiger partial charge in [0.15, 0.2) is 0 Å². The fourth-order valence-corrected chi connectivity index (χ4v) is 2.05. The molecule has 21 heavy (non-hydrogen) atoms. The second-order valence-electron chi connectivity index (χ2n) is 4.89. The second kappa shape index (κ2) is 6.37. The van der Waals surface area contributed by atoms with Crippen LogP contribution in [-0.4, -0.2) is 4.92 Å². The van der Waals surface area contributed by atoms with E-state index in [4.69, 9.17) is 10.5 Å². The first-order valence-electron chi connectivity index (χ1n) is 6.79. The van der Waals surface area contributed by atoms with Gasteiger partial charge >= 0.3 is 0 Å². The van der Waals surface area contributed by atoms with Crippen molar-refractivity contribution in [2.45, 2.75) is 26.3 Å². The van der Waals surface area contributed by atoms with E-state index in [0.29, 0.717) is 17.1 Å². The largest absolute Gasteiger partial charge is 0.457 e. The molecule has 0 aromatic heterocycles. The summed E-state index contributed by atoms with van der Waals surface area (Å²) in [5.74, 6) is 1.25. The zero-order valence-electron chi connectivity index (χ0n) is 12.1. The van der Waals surface area contributed by atoms with Crippen molar-refractivity contribution < 1.29 is 9.66 Å². The Morgan fingerprint density at radius 1 is 1.19 bits per heavy atom. The number of nitro benzene ring substituents is 1. The molecular formula is C16H18N2O3. The Bertz CT molecular complexity index is 638. The molecule has 0 bridgehead atoms. The standard InChI is InChI=1S/C16H18N2O3/c1-3-15(17)12-4-6-13(7-5-12)21-14-8-9-16(18(19)20)11(2)10-14/h4-10,15H,3,17H2,1-2H3/t15-/m1/s1. The molecule has 5 nitrogen and oxygen atoms in total. The molecule has 5 heteroatoms. The van der Waals surface area contributed by atoms with Crippen molar-refractivity contribution in [3.8, 4) is 11.5 Å². The molecule has 0 saturated heterocycles. The van der Waals surface area contributed by atoms with Crippen LogP contribution in [0.25, 0.3) is 0 Å². The number of ether oxygens (including phenoxy) is 1. The molecular weight excluding hydrogens is 268 g/mol. The summed E-state index contributed by atoms with van der Waals surface area (Å²) in [6.07, 6.45) is 0.877. The summed E-state index contributed by atoms with van der Waals surface area (Å²) in [6, 6.07) is 12.3. The lowest BCUT2D eigenvalue weighted by atomic mass is 10.1. The maximum Gasteiger partial charge on any atom is 0.272 e. The van der Waals surface area contributed by atoms with E-state index in [1.54, 1.807) is 19.1 Å². The first-order valence-corrected chi connectivity index (χ1v) is 6.79.